The molecule has 0 atom stereocenters. The Morgan fingerprint density at radius 3 is 2.76 bits per heavy atom. The zero-order valence-corrected chi connectivity index (χ0v) is 12.9. The maximum atomic E-state index is 12.6. The second-order valence-corrected chi connectivity index (χ2v) is 7.49. The summed E-state index contributed by atoms with van der Waals surface area (Å²) in [6, 6.07) is 1.68. The molecule has 1 aliphatic rings. The number of pyridine rings is 1. The van der Waals surface area contributed by atoms with Crippen molar-refractivity contribution in [2.75, 3.05) is 0 Å². The van der Waals surface area contributed by atoms with Gasteiger partial charge in [0.15, 0.2) is 0 Å². The number of sulfonamides is 1. The normalized spacial score (nSPS) is 23.5. The van der Waals surface area contributed by atoms with Crippen LogP contribution >= 0.6 is 11.6 Å². The molecule has 1 fully saturated rings. The monoisotopic (exact) mass is 328 g/mol. The Morgan fingerprint density at radius 2 is 2.05 bits per heavy atom. The average Bonchev–Trinajstić information content (AvgIpc) is 2.87. The molecule has 21 heavy (non-hydrogen) atoms. The van der Waals surface area contributed by atoms with Crippen LogP contribution in [0.1, 0.15) is 25.7 Å². The van der Waals surface area contributed by atoms with Crippen LogP contribution in [0.2, 0.25) is 5.02 Å². The number of halogens is 1. The quantitative estimate of drug-likeness (QED) is 0.799. The van der Waals surface area contributed by atoms with Crippen molar-refractivity contribution < 1.29 is 8.42 Å². The van der Waals surface area contributed by atoms with E-state index in [-0.39, 0.29) is 17.0 Å². The van der Waals surface area contributed by atoms with Crippen molar-refractivity contribution >= 4 is 32.7 Å². The van der Waals surface area contributed by atoms with Crippen LogP contribution in [0.25, 0.3) is 11.0 Å². The third-order valence-electron chi connectivity index (χ3n) is 3.87. The summed E-state index contributed by atoms with van der Waals surface area (Å²) in [5, 5.41) is 0.798. The summed E-state index contributed by atoms with van der Waals surface area (Å²) in [6.45, 7) is 0. The summed E-state index contributed by atoms with van der Waals surface area (Å²) >= 11 is 6.10. The fourth-order valence-corrected chi connectivity index (χ4v) is 4.51. The molecule has 8 heteroatoms. The standard InChI is InChI=1S/C13H17ClN4O2S/c14-10-5-6-16-13-12(10)11(7-17-13)21(19,20)18-9-3-1-8(15)2-4-9/h5-9,18H,1-4,15H2,(H,16,17). The van der Waals surface area contributed by atoms with Gasteiger partial charge in [0.25, 0.3) is 0 Å². The Hall–Kier alpha value is -1.15. The first-order valence-corrected chi connectivity index (χ1v) is 8.73. The SMILES string of the molecule is NC1CCC(NS(=O)(=O)c2c[nH]c3nccc(Cl)c23)CC1. The maximum Gasteiger partial charge on any atom is 0.243 e. The van der Waals surface area contributed by atoms with Crippen molar-refractivity contribution in [2.24, 2.45) is 5.73 Å². The fourth-order valence-electron chi connectivity index (χ4n) is 2.72. The number of H-pyrrole nitrogens is 1. The Labute approximate surface area is 128 Å². The highest BCUT2D eigenvalue weighted by molar-refractivity contribution is 7.89. The molecule has 0 bridgehead atoms. The lowest BCUT2D eigenvalue weighted by molar-refractivity contribution is 0.373. The van der Waals surface area contributed by atoms with Gasteiger partial charge < -0.3 is 10.7 Å². The second kappa shape index (κ2) is 5.57. The van der Waals surface area contributed by atoms with Gasteiger partial charge >= 0.3 is 0 Å². The predicted octanol–water partition coefficient (Wildman–Crippen LogP) is 1.76. The number of hydrogen-bond acceptors (Lipinski definition) is 4. The Kier molecular flexibility index (Phi) is 3.92. The largest absolute Gasteiger partial charge is 0.345 e. The highest BCUT2D eigenvalue weighted by Crippen LogP contribution is 2.29. The number of hydrogen-bond donors (Lipinski definition) is 3. The van der Waals surface area contributed by atoms with Crippen LogP contribution in [0, 0.1) is 0 Å². The van der Waals surface area contributed by atoms with Crippen molar-refractivity contribution in [3.05, 3.63) is 23.5 Å². The number of nitrogens with two attached hydrogens (primary N) is 1. The van der Waals surface area contributed by atoms with Crippen molar-refractivity contribution in [3.63, 3.8) is 0 Å². The highest BCUT2D eigenvalue weighted by Gasteiger charge is 2.27. The third kappa shape index (κ3) is 2.91. The first-order chi connectivity index (χ1) is 9.97. The first kappa shape index (κ1) is 14.8. The van der Waals surface area contributed by atoms with E-state index in [9.17, 15) is 8.42 Å². The number of aromatic nitrogens is 2. The molecular formula is C13H17ClN4O2S. The van der Waals surface area contributed by atoms with E-state index in [1.165, 1.54) is 12.4 Å². The molecule has 0 spiro atoms. The van der Waals surface area contributed by atoms with Crippen LogP contribution in [0.15, 0.2) is 23.4 Å². The van der Waals surface area contributed by atoms with Crippen molar-refractivity contribution in [1.82, 2.24) is 14.7 Å². The number of rotatable bonds is 3. The molecule has 0 aliphatic heterocycles. The molecule has 4 N–H and O–H groups in total. The first-order valence-electron chi connectivity index (χ1n) is 6.87. The zero-order valence-electron chi connectivity index (χ0n) is 11.3. The summed E-state index contributed by atoms with van der Waals surface area (Å²) in [5.74, 6) is 0. The van der Waals surface area contributed by atoms with Crippen LogP contribution in [0.5, 0.6) is 0 Å². The van der Waals surface area contributed by atoms with Crippen molar-refractivity contribution in [2.45, 2.75) is 42.7 Å². The molecular weight excluding hydrogens is 312 g/mol. The van der Waals surface area contributed by atoms with E-state index in [2.05, 4.69) is 14.7 Å². The van der Waals surface area contributed by atoms with E-state index in [1.54, 1.807) is 6.07 Å². The van der Waals surface area contributed by atoms with Gasteiger partial charge in [-0.1, -0.05) is 11.6 Å². The van der Waals surface area contributed by atoms with Gasteiger partial charge in [-0.2, -0.15) is 0 Å². The number of nitrogens with one attached hydrogen (secondary N) is 2. The smallest absolute Gasteiger partial charge is 0.243 e. The molecule has 0 amide bonds. The van der Waals surface area contributed by atoms with Gasteiger partial charge in [0.1, 0.15) is 10.5 Å². The van der Waals surface area contributed by atoms with Crippen LogP contribution in [-0.2, 0) is 10.0 Å². The molecule has 1 saturated carbocycles. The molecule has 0 radical (unpaired) electrons. The lowest BCUT2D eigenvalue weighted by atomic mass is 9.93. The Balaban J connectivity index is 1.90. The van der Waals surface area contributed by atoms with Gasteiger partial charge in [-0.15, -0.1) is 0 Å². The van der Waals surface area contributed by atoms with Crippen LogP contribution < -0.4 is 10.5 Å². The van der Waals surface area contributed by atoms with Crippen LogP contribution in [0.3, 0.4) is 0 Å². The highest BCUT2D eigenvalue weighted by atomic mass is 35.5. The second-order valence-electron chi connectivity index (χ2n) is 5.40. The van der Waals surface area contributed by atoms with Gasteiger partial charge in [-0.25, -0.2) is 18.1 Å². The molecule has 0 unspecified atom stereocenters. The molecule has 2 heterocycles. The zero-order chi connectivity index (χ0) is 15.0. The number of aromatic amines is 1. The minimum atomic E-state index is -3.63. The predicted molar refractivity (Wildman–Crippen MR) is 81.7 cm³/mol. The summed E-state index contributed by atoms with van der Waals surface area (Å²) < 4.78 is 27.9. The van der Waals surface area contributed by atoms with Gasteiger partial charge in [0.2, 0.25) is 10.0 Å². The lowest BCUT2D eigenvalue weighted by Gasteiger charge is -2.26. The topological polar surface area (TPSA) is 101 Å². The van der Waals surface area contributed by atoms with E-state index >= 15 is 0 Å². The van der Waals surface area contributed by atoms with Gasteiger partial charge in [-0.3, -0.25) is 0 Å². The van der Waals surface area contributed by atoms with E-state index in [4.69, 9.17) is 17.3 Å². The Bertz CT molecular complexity index is 751. The molecule has 0 saturated heterocycles. The molecule has 1 aliphatic carbocycles. The molecule has 6 nitrogen and oxygen atoms in total. The molecule has 114 valence electrons. The van der Waals surface area contributed by atoms with Crippen LogP contribution in [-0.4, -0.2) is 30.5 Å². The van der Waals surface area contributed by atoms with Crippen LogP contribution in [0.4, 0.5) is 0 Å². The van der Waals surface area contributed by atoms with Crippen molar-refractivity contribution in [1.29, 1.82) is 0 Å². The van der Waals surface area contributed by atoms with E-state index in [1.807, 2.05) is 0 Å². The van der Waals surface area contributed by atoms with Gasteiger partial charge in [0, 0.05) is 24.5 Å². The number of fused-ring (bicyclic) bond motifs is 1. The molecule has 2 aromatic rings. The number of nitrogens with zero attached hydrogens (tertiary/aromatic N) is 1. The molecule has 0 aromatic carbocycles. The van der Waals surface area contributed by atoms with E-state index in [0.717, 1.165) is 25.7 Å². The van der Waals surface area contributed by atoms with E-state index < -0.39 is 10.0 Å². The summed E-state index contributed by atoms with van der Waals surface area (Å²) in [7, 11) is -3.63. The fraction of sp³-hybridized carbons (Fsp3) is 0.462. The van der Waals surface area contributed by atoms with E-state index in [0.29, 0.717) is 16.1 Å². The van der Waals surface area contributed by atoms with Gasteiger partial charge in [0.05, 0.1) is 10.4 Å². The Morgan fingerprint density at radius 1 is 1.33 bits per heavy atom. The summed E-state index contributed by atoms with van der Waals surface area (Å²) in [6.07, 6.45) is 6.16. The van der Waals surface area contributed by atoms with Crippen molar-refractivity contribution in [3.8, 4) is 0 Å². The molecule has 3 rings (SSSR count). The minimum absolute atomic E-state index is 0.0739. The van der Waals surface area contributed by atoms with Gasteiger partial charge in [-0.05, 0) is 31.7 Å². The maximum absolute atomic E-state index is 12.6. The minimum Gasteiger partial charge on any atom is -0.345 e. The average molecular weight is 329 g/mol. The summed E-state index contributed by atoms with van der Waals surface area (Å²) in [4.78, 5) is 7.07. The molecule has 2 aromatic heterocycles. The summed E-state index contributed by atoms with van der Waals surface area (Å²) in [5.41, 5.74) is 6.31. The lowest BCUT2D eigenvalue weighted by Crippen LogP contribution is -2.40. The third-order valence-corrected chi connectivity index (χ3v) is 5.73.